The van der Waals surface area contributed by atoms with Gasteiger partial charge in [-0.2, -0.15) is 5.26 Å². The Labute approximate surface area is 142 Å². The molecule has 0 heterocycles. The molecule has 0 saturated carbocycles. The Bertz CT molecular complexity index is 711. The number of aliphatic imine (C=N–C) groups is 1. The van der Waals surface area contributed by atoms with E-state index in [4.69, 9.17) is 0 Å². The molecule has 24 heavy (non-hydrogen) atoms. The molecule has 0 bridgehead atoms. The molecule has 4 nitrogen and oxygen atoms in total. The van der Waals surface area contributed by atoms with Crippen LogP contribution in [0.5, 0.6) is 0 Å². The van der Waals surface area contributed by atoms with E-state index in [1.807, 2.05) is 87.5 Å². The Morgan fingerprint density at radius 1 is 1.00 bits per heavy atom. The maximum Gasteiger partial charge on any atom is 0.259 e. The van der Waals surface area contributed by atoms with E-state index >= 15 is 0 Å². The molecule has 0 saturated heterocycles. The maximum atomic E-state index is 12.3. The smallest absolute Gasteiger partial charge is 0.259 e. The first-order chi connectivity index (χ1) is 11.4. The van der Waals surface area contributed by atoms with E-state index in [0.29, 0.717) is 5.71 Å². The molecule has 1 amide bonds. The van der Waals surface area contributed by atoms with Crippen molar-refractivity contribution in [3.05, 3.63) is 71.8 Å². The zero-order valence-corrected chi connectivity index (χ0v) is 14.2. The lowest BCUT2D eigenvalue weighted by Gasteiger charge is -2.21. The van der Waals surface area contributed by atoms with Crippen molar-refractivity contribution in [2.45, 2.75) is 32.4 Å². The van der Waals surface area contributed by atoms with Crippen molar-refractivity contribution in [2.75, 3.05) is 0 Å². The third kappa shape index (κ3) is 4.79. The first-order valence-corrected chi connectivity index (χ1v) is 7.81. The number of carbonyl (C=O) groups is 1. The van der Waals surface area contributed by atoms with Crippen LogP contribution in [0.2, 0.25) is 0 Å². The summed E-state index contributed by atoms with van der Waals surface area (Å²) in [4.78, 5) is 16.8. The predicted octanol–water partition coefficient (Wildman–Crippen LogP) is 3.33. The third-order valence-electron chi connectivity index (χ3n) is 3.22. The highest BCUT2D eigenvalue weighted by molar-refractivity contribution is 6.13. The lowest BCUT2D eigenvalue weighted by atomic mass is 10.0. The molecule has 1 unspecified atom stereocenters. The molecule has 0 fully saturated rings. The monoisotopic (exact) mass is 319 g/mol. The molecule has 0 aliphatic heterocycles. The molecular weight excluding hydrogens is 298 g/mol. The van der Waals surface area contributed by atoms with Crippen LogP contribution in [0.3, 0.4) is 0 Å². The van der Waals surface area contributed by atoms with E-state index in [1.165, 1.54) is 0 Å². The number of nitriles is 1. The van der Waals surface area contributed by atoms with Gasteiger partial charge in [0.05, 0.1) is 11.8 Å². The summed E-state index contributed by atoms with van der Waals surface area (Å²) in [5.74, 6) is -0.394. The summed E-state index contributed by atoms with van der Waals surface area (Å²) in [7, 11) is 0. The molecule has 4 heteroatoms. The highest BCUT2D eigenvalue weighted by Gasteiger charge is 2.23. The van der Waals surface area contributed by atoms with Crippen LogP contribution < -0.4 is 5.32 Å². The molecule has 0 spiro atoms. The summed E-state index contributed by atoms with van der Waals surface area (Å²) in [5.41, 5.74) is 1.95. The molecule has 1 N–H and O–H groups in total. The largest absolute Gasteiger partial charge is 0.349 e. The van der Waals surface area contributed by atoms with Crippen molar-refractivity contribution in [1.82, 2.24) is 5.32 Å². The van der Waals surface area contributed by atoms with Gasteiger partial charge in [-0.1, -0.05) is 60.7 Å². The number of hydrogen-bond acceptors (Lipinski definition) is 3. The van der Waals surface area contributed by atoms with E-state index in [-0.39, 0.29) is 0 Å². The summed E-state index contributed by atoms with van der Waals surface area (Å²) < 4.78 is 0. The van der Waals surface area contributed by atoms with Gasteiger partial charge in [0.2, 0.25) is 6.04 Å². The molecule has 1 atom stereocenters. The Hall–Kier alpha value is -2.93. The number of rotatable bonds is 4. The van der Waals surface area contributed by atoms with Crippen LogP contribution in [-0.4, -0.2) is 23.2 Å². The van der Waals surface area contributed by atoms with Crippen molar-refractivity contribution >= 4 is 11.6 Å². The van der Waals surface area contributed by atoms with Crippen LogP contribution in [0.1, 0.15) is 31.9 Å². The van der Waals surface area contributed by atoms with E-state index in [0.717, 1.165) is 11.1 Å². The average molecular weight is 319 g/mol. The molecule has 0 aliphatic carbocycles. The minimum atomic E-state index is -1.10. The topological polar surface area (TPSA) is 65.2 Å². The van der Waals surface area contributed by atoms with E-state index in [9.17, 15) is 10.1 Å². The zero-order valence-electron chi connectivity index (χ0n) is 14.2. The Morgan fingerprint density at radius 3 is 1.83 bits per heavy atom. The number of nitrogens with zero attached hydrogens (tertiary/aromatic N) is 2. The molecular formula is C20H21N3O. The molecule has 122 valence electrons. The summed E-state index contributed by atoms with van der Waals surface area (Å²) in [5, 5.41) is 12.2. The standard InChI is InChI=1S/C20H21N3O/c1-20(2,3)23-19(24)17(14-21)22-18(15-10-6-4-7-11-15)16-12-8-5-9-13-16/h4-13,17H,1-3H3,(H,23,24). The normalized spacial score (nSPS) is 11.9. The van der Waals surface area contributed by atoms with Crippen molar-refractivity contribution in [2.24, 2.45) is 4.99 Å². The minimum Gasteiger partial charge on any atom is -0.349 e. The third-order valence-corrected chi connectivity index (χ3v) is 3.22. The van der Waals surface area contributed by atoms with Crippen molar-refractivity contribution in [1.29, 1.82) is 5.26 Å². The number of benzene rings is 2. The van der Waals surface area contributed by atoms with E-state index < -0.39 is 17.5 Å². The fourth-order valence-corrected chi connectivity index (χ4v) is 2.22. The second-order valence-corrected chi connectivity index (χ2v) is 6.48. The van der Waals surface area contributed by atoms with Gasteiger partial charge < -0.3 is 5.32 Å². The van der Waals surface area contributed by atoms with E-state index in [1.54, 1.807) is 0 Å². The van der Waals surface area contributed by atoms with Crippen molar-refractivity contribution in [3.8, 4) is 6.07 Å². The molecule has 0 radical (unpaired) electrons. The second kappa shape index (κ2) is 7.56. The first kappa shape index (κ1) is 17.4. The van der Waals surface area contributed by atoms with Gasteiger partial charge in [-0.3, -0.25) is 9.79 Å². The maximum absolute atomic E-state index is 12.3. The van der Waals surface area contributed by atoms with Gasteiger partial charge in [-0.15, -0.1) is 0 Å². The highest BCUT2D eigenvalue weighted by atomic mass is 16.2. The summed E-state index contributed by atoms with van der Waals surface area (Å²) >= 11 is 0. The van der Waals surface area contributed by atoms with Crippen LogP contribution in [0.25, 0.3) is 0 Å². The first-order valence-electron chi connectivity index (χ1n) is 7.81. The highest BCUT2D eigenvalue weighted by Crippen LogP contribution is 2.13. The number of carbonyl (C=O) groups excluding carboxylic acids is 1. The predicted molar refractivity (Wildman–Crippen MR) is 95.8 cm³/mol. The molecule has 2 aromatic rings. The van der Waals surface area contributed by atoms with Crippen LogP contribution in [-0.2, 0) is 4.79 Å². The molecule has 0 aliphatic rings. The summed E-state index contributed by atoms with van der Waals surface area (Å²) in [6, 6.07) is 20.0. The number of nitrogens with one attached hydrogen (secondary N) is 1. The summed E-state index contributed by atoms with van der Waals surface area (Å²) in [6.07, 6.45) is 0. The van der Waals surface area contributed by atoms with Crippen molar-refractivity contribution in [3.63, 3.8) is 0 Å². The number of amides is 1. The quantitative estimate of drug-likeness (QED) is 0.878. The van der Waals surface area contributed by atoms with Gasteiger partial charge in [-0.25, -0.2) is 0 Å². The second-order valence-electron chi connectivity index (χ2n) is 6.48. The van der Waals surface area contributed by atoms with Gasteiger partial charge in [0, 0.05) is 16.7 Å². The summed E-state index contributed by atoms with van der Waals surface area (Å²) in [6.45, 7) is 5.62. The van der Waals surface area contributed by atoms with E-state index in [2.05, 4.69) is 10.3 Å². The lowest BCUT2D eigenvalue weighted by molar-refractivity contribution is -0.122. The fourth-order valence-electron chi connectivity index (χ4n) is 2.22. The SMILES string of the molecule is CC(C)(C)NC(=O)C(C#N)N=C(c1ccccc1)c1ccccc1. The zero-order chi connectivity index (χ0) is 17.6. The fraction of sp³-hybridized carbons (Fsp3) is 0.250. The van der Waals surface area contributed by atoms with Gasteiger partial charge in [0.15, 0.2) is 0 Å². The van der Waals surface area contributed by atoms with Gasteiger partial charge in [-0.05, 0) is 20.8 Å². The van der Waals surface area contributed by atoms with Gasteiger partial charge in [0.25, 0.3) is 5.91 Å². The van der Waals surface area contributed by atoms with Crippen LogP contribution in [0, 0.1) is 11.3 Å². The average Bonchev–Trinajstić information content (AvgIpc) is 2.56. The molecule has 2 aromatic carbocycles. The Kier molecular flexibility index (Phi) is 5.49. The lowest BCUT2D eigenvalue weighted by Crippen LogP contribution is -2.45. The molecule has 0 aromatic heterocycles. The van der Waals surface area contributed by atoms with Crippen LogP contribution in [0.15, 0.2) is 65.7 Å². The molecule has 2 rings (SSSR count). The Balaban J connectivity index is 2.44. The van der Waals surface area contributed by atoms with Crippen LogP contribution in [0.4, 0.5) is 0 Å². The van der Waals surface area contributed by atoms with Gasteiger partial charge in [0.1, 0.15) is 0 Å². The minimum absolute atomic E-state index is 0.394. The Morgan fingerprint density at radius 2 is 1.46 bits per heavy atom. The van der Waals surface area contributed by atoms with Crippen LogP contribution >= 0.6 is 0 Å². The van der Waals surface area contributed by atoms with Gasteiger partial charge >= 0.3 is 0 Å². The number of hydrogen-bond donors (Lipinski definition) is 1. The van der Waals surface area contributed by atoms with Crippen molar-refractivity contribution < 1.29 is 4.79 Å².